The lowest BCUT2D eigenvalue weighted by atomic mass is 9.74. The number of hydrogen-bond donors (Lipinski definition) is 0. The minimum atomic E-state index is -0.680. The first kappa shape index (κ1) is 13.9. The Balaban J connectivity index is 2.26. The number of ketones is 2. The highest BCUT2D eigenvalue weighted by atomic mass is 16.2. The Bertz CT molecular complexity index is 687. The van der Waals surface area contributed by atoms with Gasteiger partial charge in [-0.3, -0.25) is 19.6 Å². The first-order chi connectivity index (χ1) is 9.69. The molecule has 3 rings (SSSR count). The van der Waals surface area contributed by atoms with Gasteiger partial charge in [0.15, 0.2) is 0 Å². The van der Waals surface area contributed by atoms with E-state index in [1.807, 2.05) is 24.9 Å². The fraction of sp³-hybridized carbons (Fsp3) is 0.500. The molecular weight excluding hydrogens is 266 g/mol. The molecule has 1 aliphatic carbocycles. The molecule has 0 saturated carbocycles. The van der Waals surface area contributed by atoms with Crippen molar-refractivity contribution < 1.29 is 9.59 Å². The molecule has 0 aromatic carbocycles. The molecule has 2 unspecified atom stereocenters. The maximum atomic E-state index is 12.5. The number of Topliss-reactive ketones (excluding diaryl/α,β-unsaturated/α-hetero) is 2. The summed E-state index contributed by atoms with van der Waals surface area (Å²) in [6, 6.07) is 2.99. The zero-order chi connectivity index (χ0) is 15.6. The van der Waals surface area contributed by atoms with Crippen molar-refractivity contribution in [2.24, 2.45) is 10.4 Å². The number of carbonyl (C=O) groups is 2. The molecule has 2 heterocycles. The Morgan fingerprint density at radius 2 is 1.95 bits per heavy atom. The maximum Gasteiger partial charge on any atom is 0.249 e. The van der Waals surface area contributed by atoms with Crippen molar-refractivity contribution in [3.8, 4) is 0 Å². The smallest absolute Gasteiger partial charge is 0.249 e. The average molecular weight is 285 g/mol. The van der Waals surface area contributed by atoms with Crippen molar-refractivity contribution in [3.63, 3.8) is 0 Å². The molecule has 0 N–H and O–H groups in total. The molecule has 0 radical (unpaired) electrons. The van der Waals surface area contributed by atoms with Crippen LogP contribution in [0.15, 0.2) is 23.3 Å². The second-order valence-corrected chi connectivity index (χ2v) is 6.90. The lowest BCUT2D eigenvalue weighted by molar-refractivity contribution is -0.118. The van der Waals surface area contributed by atoms with Crippen LogP contribution in [0.25, 0.3) is 0 Å². The van der Waals surface area contributed by atoms with E-state index in [0.717, 1.165) is 11.4 Å². The minimum absolute atomic E-state index is 0.194. The van der Waals surface area contributed by atoms with Gasteiger partial charge in [0.1, 0.15) is 17.6 Å². The van der Waals surface area contributed by atoms with Gasteiger partial charge in [0.2, 0.25) is 11.6 Å². The number of nitrogens with zero attached hydrogens (tertiary/aromatic N) is 3. The second kappa shape index (κ2) is 4.00. The molecule has 21 heavy (non-hydrogen) atoms. The van der Waals surface area contributed by atoms with E-state index in [1.165, 1.54) is 0 Å². The summed E-state index contributed by atoms with van der Waals surface area (Å²) in [5, 5.41) is 0. The number of fused-ring (bicyclic) bond motifs is 3. The number of hydrogen-bond acceptors (Lipinski definition) is 5. The van der Waals surface area contributed by atoms with Gasteiger partial charge in [0.25, 0.3) is 0 Å². The molecular formula is C16H19N3O2. The standard InChI is InChI=1S/C16H19N3O2/c1-15(2,3)14-18-13-12(21)11(20)10-9(7-6-8-17-10)16(13,4)19(14)5/h6-8,13H,1-5H3. The Morgan fingerprint density at radius 3 is 2.57 bits per heavy atom. The number of pyridine rings is 1. The van der Waals surface area contributed by atoms with Crippen LogP contribution in [0.2, 0.25) is 0 Å². The molecule has 2 atom stereocenters. The predicted molar refractivity (Wildman–Crippen MR) is 79.4 cm³/mol. The fourth-order valence-corrected chi connectivity index (χ4v) is 3.31. The van der Waals surface area contributed by atoms with Gasteiger partial charge in [-0.1, -0.05) is 26.8 Å². The molecule has 0 spiro atoms. The van der Waals surface area contributed by atoms with Gasteiger partial charge in [0.05, 0.1) is 5.54 Å². The third-order valence-corrected chi connectivity index (χ3v) is 4.51. The van der Waals surface area contributed by atoms with Crippen LogP contribution in [0, 0.1) is 5.41 Å². The molecule has 0 bridgehead atoms. The molecule has 0 fully saturated rings. The maximum absolute atomic E-state index is 12.5. The van der Waals surface area contributed by atoms with Crippen molar-refractivity contribution in [2.45, 2.75) is 39.3 Å². The van der Waals surface area contributed by atoms with Crippen molar-refractivity contribution in [1.29, 1.82) is 0 Å². The topological polar surface area (TPSA) is 62.6 Å². The molecule has 1 aromatic heterocycles. The first-order valence-electron chi connectivity index (χ1n) is 7.05. The Labute approximate surface area is 124 Å². The zero-order valence-electron chi connectivity index (χ0n) is 13.0. The Morgan fingerprint density at radius 1 is 1.29 bits per heavy atom. The van der Waals surface area contributed by atoms with E-state index in [0.29, 0.717) is 0 Å². The summed E-state index contributed by atoms with van der Waals surface area (Å²) in [6.07, 6.45) is 1.55. The third-order valence-electron chi connectivity index (χ3n) is 4.51. The largest absolute Gasteiger partial charge is 0.351 e. The highest BCUT2D eigenvalue weighted by molar-refractivity contribution is 6.47. The second-order valence-electron chi connectivity index (χ2n) is 6.90. The number of aliphatic imine (C=N–C) groups is 1. The zero-order valence-corrected chi connectivity index (χ0v) is 13.0. The molecule has 1 aromatic rings. The highest BCUT2D eigenvalue weighted by Gasteiger charge is 2.57. The van der Waals surface area contributed by atoms with Crippen LogP contribution in [0.1, 0.15) is 43.7 Å². The van der Waals surface area contributed by atoms with E-state index >= 15 is 0 Å². The predicted octanol–water partition coefficient (Wildman–Crippen LogP) is 1.82. The van der Waals surface area contributed by atoms with Crippen LogP contribution in [0.5, 0.6) is 0 Å². The SMILES string of the molecule is CN1C(C(C)(C)C)=NC2C(=O)C(=O)c3ncccc3C21C. The molecule has 2 aliphatic rings. The monoisotopic (exact) mass is 285 g/mol. The van der Waals surface area contributed by atoms with Crippen molar-refractivity contribution in [2.75, 3.05) is 7.05 Å². The van der Waals surface area contributed by atoms with E-state index in [4.69, 9.17) is 0 Å². The van der Waals surface area contributed by atoms with Crippen molar-refractivity contribution in [3.05, 3.63) is 29.6 Å². The lowest BCUT2D eigenvalue weighted by Gasteiger charge is -2.42. The summed E-state index contributed by atoms with van der Waals surface area (Å²) in [5.41, 5.74) is 0.210. The van der Waals surface area contributed by atoms with Gasteiger partial charge in [-0.05, 0) is 13.0 Å². The third kappa shape index (κ3) is 1.63. The van der Waals surface area contributed by atoms with Crippen LogP contribution in [-0.2, 0) is 10.3 Å². The summed E-state index contributed by atoms with van der Waals surface area (Å²) in [5.74, 6) is -0.150. The van der Waals surface area contributed by atoms with E-state index in [1.54, 1.807) is 12.3 Å². The summed E-state index contributed by atoms with van der Waals surface area (Å²) in [6.45, 7) is 8.13. The number of carbonyl (C=O) groups excluding carboxylic acids is 2. The Hall–Kier alpha value is -2.04. The van der Waals surface area contributed by atoms with Gasteiger partial charge < -0.3 is 4.90 Å². The van der Waals surface area contributed by atoms with Crippen LogP contribution in [0.3, 0.4) is 0 Å². The van der Waals surface area contributed by atoms with Crippen molar-refractivity contribution in [1.82, 2.24) is 9.88 Å². The summed E-state index contributed by atoms with van der Waals surface area (Å²) in [7, 11) is 1.93. The van der Waals surface area contributed by atoms with Gasteiger partial charge >= 0.3 is 0 Å². The van der Waals surface area contributed by atoms with Crippen molar-refractivity contribution >= 4 is 17.4 Å². The quantitative estimate of drug-likeness (QED) is 0.682. The molecule has 110 valence electrons. The van der Waals surface area contributed by atoms with Gasteiger partial charge in [-0.25, -0.2) is 0 Å². The van der Waals surface area contributed by atoms with E-state index < -0.39 is 23.1 Å². The van der Waals surface area contributed by atoms with Crippen LogP contribution >= 0.6 is 0 Å². The van der Waals surface area contributed by atoms with Crippen LogP contribution in [0.4, 0.5) is 0 Å². The van der Waals surface area contributed by atoms with Crippen LogP contribution in [-0.4, -0.2) is 40.4 Å². The summed E-state index contributed by atoms with van der Waals surface area (Å²) >= 11 is 0. The van der Waals surface area contributed by atoms with E-state index in [2.05, 4.69) is 30.7 Å². The molecule has 1 aliphatic heterocycles. The normalized spacial score (nSPS) is 28.3. The molecule has 5 nitrogen and oxygen atoms in total. The molecule has 0 amide bonds. The van der Waals surface area contributed by atoms with Crippen LogP contribution < -0.4 is 0 Å². The van der Waals surface area contributed by atoms with Gasteiger partial charge in [-0.15, -0.1) is 0 Å². The number of aromatic nitrogens is 1. The molecule has 5 heteroatoms. The van der Waals surface area contributed by atoms with E-state index in [9.17, 15) is 9.59 Å². The fourth-order valence-electron chi connectivity index (χ4n) is 3.31. The van der Waals surface area contributed by atoms with E-state index in [-0.39, 0.29) is 11.1 Å². The number of amidine groups is 1. The van der Waals surface area contributed by atoms with Gasteiger partial charge in [0, 0.05) is 24.2 Å². The number of rotatable bonds is 0. The average Bonchev–Trinajstić information content (AvgIpc) is 2.70. The summed E-state index contributed by atoms with van der Waals surface area (Å²) < 4.78 is 0. The Kier molecular flexibility index (Phi) is 2.65. The first-order valence-corrected chi connectivity index (χ1v) is 7.05. The highest BCUT2D eigenvalue weighted by Crippen LogP contribution is 2.45. The lowest BCUT2D eigenvalue weighted by Crippen LogP contribution is -2.55. The molecule has 0 saturated heterocycles. The summed E-state index contributed by atoms with van der Waals surface area (Å²) in [4.78, 5) is 35.5. The minimum Gasteiger partial charge on any atom is -0.351 e. The van der Waals surface area contributed by atoms with Gasteiger partial charge in [-0.2, -0.15) is 0 Å². The number of likely N-dealkylation sites (N-methyl/N-ethyl adjacent to an activating group) is 1.